The molecule has 0 spiro atoms. The number of amides is 2. The second-order valence-electron chi connectivity index (χ2n) is 7.20. The van der Waals surface area contributed by atoms with Crippen LogP contribution >= 0.6 is 0 Å². The van der Waals surface area contributed by atoms with Gasteiger partial charge >= 0.3 is 0 Å². The normalized spacial score (nSPS) is 20.8. The van der Waals surface area contributed by atoms with Crippen molar-refractivity contribution in [1.82, 2.24) is 14.7 Å². The lowest BCUT2D eigenvalue weighted by Gasteiger charge is -2.27. The van der Waals surface area contributed by atoms with Crippen molar-refractivity contribution in [2.45, 2.75) is 45.2 Å². The summed E-state index contributed by atoms with van der Waals surface area (Å²) in [4.78, 5) is 31.0. The molecule has 5 heteroatoms. The Morgan fingerprint density at radius 1 is 1.12 bits per heavy atom. The van der Waals surface area contributed by atoms with Gasteiger partial charge in [-0.2, -0.15) is 0 Å². The highest BCUT2D eigenvalue weighted by atomic mass is 16.2. The first-order chi connectivity index (χ1) is 12.1. The topological polar surface area (TPSA) is 43.9 Å². The summed E-state index contributed by atoms with van der Waals surface area (Å²) >= 11 is 0. The Morgan fingerprint density at radius 2 is 1.88 bits per heavy atom. The van der Waals surface area contributed by atoms with E-state index in [9.17, 15) is 9.59 Å². The molecule has 2 heterocycles. The molecule has 1 atom stereocenters. The molecule has 5 nitrogen and oxygen atoms in total. The summed E-state index contributed by atoms with van der Waals surface area (Å²) in [7, 11) is 0. The van der Waals surface area contributed by atoms with Crippen molar-refractivity contribution in [3.05, 3.63) is 35.9 Å². The van der Waals surface area contributed by atoms with Crippen LogP contribution in [0.5, 0.6) is 0 Å². The minimum Gasteiger partial charge on any atom is -0.341 e. The Labute approximate surface area is 150 Å². The third-order valence-electron chi connectivity index (χ3n) is 5.41. The largest absolute Gasteiger partial charge is 0.341 e. The molecule has 1 aromatic rings. The smallest absolute Gasteiger partial charge is 0.224 e. The Bertz CT molecular complexity index is 590. The molecule has 1 aromatic carbocycles. The molecule has 0 radical (unpaired) electrons. The highest BCUT2D eigenvalue weighted by molar-refractivity contribution is 5.78. The fourth-order valence-corrected chi connectivity index (χ4v) is 3.97. The molecule has 3 rings (SSSR count). The minimum absolute atomic E-state index is 0.0227. The lowest BCUT2D eigenvalue weighted by atomic mass is 10.2. The second-order valence-corrected chi connectivity index (χ2v) is 7.20. The van der Waals surface area contributed by atoms with Crippen LogP contribution in [0.25, 0.3) is 0 Å². The van der Waals surface area contributed by atoms with Crippen molar-refractivity contribution < 1.29 is 9.59 Å². The monoisotopic (exact) mass is 343 g/mol. The van der Waals surface area contributed by atoms with Crippen molar-refractivity contribution in [1.29, 1.82) is 0 Å². The molecular weight excluding hydrogens is 314 g/mol. The lowest BCUT2D eigenvalue weighted by molar-refractivity contribution is -0.134. The number of hydrogen-bond acceptors (Lipinski definition) is 3. The molecular formula is C20H29N3O2. The fourth-order valence-electron chi connectivity index (χ4n) is 3.97. The van der Waals surface area contributed by atoms with E-state index in [1.807, 2.05) is 35.2 Å². The first-order valence-electron chi connectivity index (χ1n) is 9.45. The van der Waals surface area contributed by atoms with Gasteiger partial charge in [0.2, 0.25) is 11.8 Å². The Balaban J connectivity index is 1.53. The lowest BCUT2D eigenvalue weighted by Crippen LogP contribution is -2.41. The van der Waals surface area contributed by atoms with Gasteiger partial charge in [-0.05, 0) is 31.4 Å². The maximum absolute atomic E-state index is 12.7. The maximum Gasteiger partial charge on any atom is 0.224 e. The van der Waals surface area contributed by atoms with Crippen LogP contribution in [-0.4, -0.2) is 65.3 Å². The quantitative estimate of drug-likeness (QED) is 0.823. The molecule has 2 aliphatic rings. The van der Waals surface area contributed by atoms with Crippen LogP contribution in [0.15, 0.2) is 30.3 Å². The molecule has 25 heavy (non-hydrogen) atoms. The van der Waals surface area contributed by atoms with E-state index in [0.29, 0.717) is 25.6 Å². The summed E-state index contributed by atoms with van der Waals surface area (Å²) < 4.78 is 0. The number of carbonyl (C=O) groups excluding carboxylic acids is 2. The van der Waals surface area contributed by atoms with Gasteiger partial charge in [0.15, 0.2) is 0 Å². The molecule has 1 unspecified atom stereocenters. The van der Waals surface area contributed by atoms with E-state index in [-0.39, 0.29) is 11.8 Å². The summed E-state index contributed by atoms with van der Waals surface area (Å²) in [6.07, 6.45) is 3.93. The molecule has 2 saturated heterocycles. The molecule has 2 aliphatic heterocycles. The molecule has 136 valence electrons. The molecule has 2 fully saturated rings. The minimum atomic E-state index is 0.0227. The van der Waals surface area contributed by atoms with E-state index in [1.54, 1.807) is 11.8 Å². The van der Waals surface area contributed by atoms with Crippen LogP contribution in [0, 0.1) is 0 Å². The summed E-state index contributed by atoms with van der Waals surface area (Å²) in [5.74, 6) is 0.211. The Hall–Kier alpha value is -1.88. The number of carbonyl (C=O) groups is 2. The number of fused-ring (bicyclic) bond motifs is 1. The molecule has 0 aromatic heterocycles. The first kappa shape index (κ1) is 17.9. The van der Waals surface area contributed by atoms with Gasteiger partial charge in [0.05, 0.1) is 0 Å². The molecule has 0 saturated carbocycles. The fraction of sp³-hybridized carbons (Fsp3) is 0.600. The van der Waals surface area contributed by atoms with Gasteiger partial charge in [-0.15, -0.1) is 0 Å². The summed E-state index contributed by atoms with van der Waals surface area (Å²) in [5.41, 5.74) is 1.10. The standard InChI is InChI=1S/C20H29N3O2/c1-17(24)22(15-18-7-3-2-4-8-18)14-10-20(25)23-13-6-12-21-11-5-9-19(21)16-23/h2-4,7-8,19H,5-6,9-16H2,1H3. The Morgan fingerprint density at radius 3 is 2.64 bits per heavy atom. The average Bonchev–Trinajstić information content (AvgIpc) is 2.95. The van der Waals surface area contributed by atoms with E-state index in [4.69, 9.17) is 0 Å². The average molecular weight is 343 g/mol. The molecule has 0 bridgehead atoms. The zero-order chi connectivity index (χ0) is 17.6. The van der Waals surface area contributed by atoms with Crippen LogP contribution in [0.3, 0.4) is 0 Å². The van der Waals surface area contributed by atoms with Crippen LogP contribution in [0.1, 0.15) is 38.2 Å². The van der Waals surface area contributed by atoms with E-state index in [1.165, 1.54) is 19.4 Å². The third-order valence-corrected chi connectivity index (χ3v) is 5.41. The number of nitrogens with zero attached hydrogens (tertiary/aromatic N) is 3. The molecule has 0 N–H and O–H groups in total. The number of benzene rings is 1. The highest BCUT2D eigenvalue weighted by Gasteiger charge is 2.30. The number of rotatable bonds is 5. The van der Waals surface area contributed by atoms with Gasteiger partial charge in [0.25, 0.3) is 0 Å². The van der Waals surface area contributed by atoms with Crippen LogP contribution in [0.2, 0.25) is 0 Å². The van der Waals surface area contributed by atoms with Gasteiger partial charge in [0, 0.05) is 52.1 Å². The maximum atomic E-state index is 12.7. The van der Waals surface area contributed by atoms with Gasteiger partial charge < -0.3 is 9.80 Å². The van der Waals surface area contributed by atoms with E-state index >= 15 is 0 Å². The molecule has 0 aliphatic carbocycles. The van der Waals surface area contributed by atoms with Gasteiger partial charge in [-0.3, -0.25) is 14.5 Å². The SMILES string of the molecule is CC(=O)N(CCC(=O)N1CCCN2CCCC2C1)Cc1ccccc1. The van der Waals surface area contributed by atoms with E-state index < -0.39 is 0 Å². The number of hydrogen-bond donors (Lipinski definition) is 0. The summed E-state index contributed by atoms with van der Waals surface area (Å²) in [6, 6.07) is 10.5. The van der Waals surface area contributed by atoms with Gasteiger partial charge in [0.1, 0.15) is 0 Å². The summed E-state index contributed by atoms with van der Waals surface area (Å²) in [6.45, 7) is 6.65. The van der Waals surface area contributed by atoms with Crippen molar-refractivity contribution in [2.24, 2.45) is 0 Å². The van der Waals surface area contributed by atoms with Gasteiger partial charge in [-0.25, -0.2) is 0 Å². The van der Waals surface area contributed by atoms with Crippen LogP contribution in [0.4, 0.5) is 0 Å². The van der Waals surface area contributed by atoms with Crippen molar-refractivity contribution >= 4 is 11.8 Å². The predicted molar refractivity (Wildman–Crippen MR) is 97.9 cm³/mol. The zero-order valence-electron chi connectivity index (χ0n) is 15.2. The molecule has 2 amide bonds. The van der Waals surface area contributed by atoms with Crippen molar-refractivity contribution in [3.63, 3.8) is 0 Å². The van der Waals surface area contributed by atoms with E-state index in [2.05, 4.69) is 4.90 Å². The summed E-state index contributed by atoms with van der Waals surface area (Å²) in [5, 5.41) is 0. The highest BCUT2D eigenvalue weighted by Crippen LogP contribution is 2.21. The predicted octanol–water partition coefficient (Wildman–Crippen LogP) is 2.12. The first-order valence-corrected chi connectivity index (χ1v) is 9.45. The van der Waals surface area contributed by atoms with Crippen LogP contribution in [-0.2, 0) is 16.1 Å². The third kappa shape index (κ3) is 4.82. The van der Waals surface area contributed by atoms with Crippen LogP contribution < -0.4 is 0 Å². The van der Waals surface area contributed by atoms with Crippen molar-refractivity contribution in [3.8, 4) is 0 Å². The van der Waals surface area contributed by atoms with Crippen molar-refractivity contribution in [2.75, 3.05) is 32.7 Å². The van der Waals surface area contributed by atoms with E-state index in [0.717, 1.165) is 31.6 Å². The zero-order valence-corrected chi connectivity index (χ0v) is 15.2. The Kier molecular flexibility index (Phi) is 6.08. The second kappa shape index (κ2) is 8.48. The van der Waals surface area contributed by atoms with Gasteiger partial charge in [-0.1, -0.05) is 30.3 Å².